The van der Waals surface area contributed by atoms with E-state index in [9.17, 15) is 9.59 Å². The number of fused-ring (bicyclic) bond motifs is 1. The first-order valence-corrected chi connectivity index (χ1v) is 14.7. The molecule has 9 heteroatoms. The molecule has 0 fully saturated rings. The molecule has 0 bridgehead atoms. The number of hydrogen-bond donors (Lipinski definition) is 4. The van der Waals surface area contributed by atoms with Crippen molar-refractivity contribution in [3.05, 3.63) is 108 Å². The van der Waals surface area contributed by atoms with Crippen LogP contribution in [0, 0.1) is 19.3 Å². The fraction of sp³-hybridized carbons (Fsp3) is 0.194. The van der Waals surface area contributed by atoms with Crippen LogP contribution in [0.1, 0.15) is 31.5 Å². The highest BCUT2D eigenvalue weighted by Crippen LogP contribution is 2.34. The van der Waals surface area contributed by atoms with Gasteiger partial charge in [-0.1, -0.05) is 30.4 Å². The summed E-state index contributed by atoms with van der Waals surface area (Å²) in [6, 6.07) is 18.9. The van der Waals surface area contributed by atoms with E-state index in [0.29, 0.717) is 0 Å². The monoisotopic (exact) mass is 601 g/mol. The maximum Gasteiger partial charge on any atom is 0.331 e. The Hall–Kier alpha value is -5.57. The van der Waals surface area contributed by atoms with Gasteiger partial charge in [-0.15, -0.1) is 0 Å². The molecule has 9 nitrogen and oxygen atoms in total. The lowest BCUT2D eigenvalue weighted by molar-refractivity contribution is -0.145. The van der Waals surface area contributed by atoms with Gasteiger partial charge in [0.15, 0.2) is 0 Å². The summed E-state index contributed by atoms with van der Waals surface area (Å²) in [5, 5.41) is 22.0. The summed E-state index contributed by atoms with van der Waals surface area (Å²) < 4.78 is 0. The van der Waals surface area contributed by atoms with Crippen molar-refractivity contribution in [3.8, 4) is 33.6 Å². The van der Waals surface area contributed by atoms with Crippen LogP contribution in [0.5, 0.6) is 0 Å². The quantitative estimate of drug-likeness (QED) is 0.151. The third-order valence-electron chi connectivity index (χ3n) is 7.74. The average molecular weight is 602 g/mol. The Balaban J connectivity index is 0.000000259. The van der Waals surface area contributed by atoms with E-state index in [1.165, 1.54) is 36.4 Å². The second-order valence-electron chi connectivity index (χ2n) is 11.2. The van der Waals surface area contributed by atoms with E-state index in [0.717, 1.165) is 56.9 Å². The minimum Gasteiger partial charge on any atom is -0.481 e. The molecule has 1 aromatic carbocycles. The molecule has 0 amide bonds. The Morgan fingerprint density at radius 2 is 1.76 bits per heavy atom. The summed E-state index contributed by atoms with van der Waals surface area (Å²) in [6.45, 7) is 8.64. The number of pyridine rings is 3. The molecule has 1 unspecified atom stereocenters. The van der Waals surface area contributed by atoms with E-state index >= 15 is 0 Å². The number of nitrogens with one attached hydrogen (secondary N) is 2. The second-order valence-corrected chi connectivity index (χ2v) is 11.2. The molecular weight excluding hydrogens is 566 g/mol. The summed E-state index contributed by atoms with van der Waals surface area (Å²) in [5.41, 5.74) is 9.34. The summed E-state index contributed by atoms with van der Waals surface area (Å²) >= 11 is 0. The molecule has 6 rings (SSSR count). The highest BCUT2D eigenvalue weighted by atomic mass is 16.4. The van der Waals surface area contributed by atoms with Crippen molar-refractivity contribution in [1.82, 2.24) is 19.9 Å². The second kappa shape index (κ2) is 13.0. The zero-order valence-electron chi connectivity index (χ0n) is 25.6. The van der Waals surface area contributed by atoms with Gasteiger partial charge in [0.2, 0.25) is 0 Å². The molecule has 4 aromatic heterocycles. The number of carbonyl (C=O) groups is 2. The number of allylic oxidation sites excluding steroid dienone is 2. The number of nitrogens with zero attached hydrogens (tertiary/aromatic N) is 3. The first-order chi connectivity index (χ1) is 21.6. The maximum atomic E-state index is 10.8. The molecule has 228 valence electrons. The first-order valence-electron chi connectivity index (χ1n) is 14.7. The van der Waals surface area contributed by atoms with Crippen LogP contribution in [-0.2, 0) is 9.59 Å². The molecule has 0 radical (unpaired) electrons. The van der Waals surface area contributed by atoms with Crippen LogP contribution >= 0.6 is 0 Å². The lowest BCUT2D eigenvalue weighted by Gasteiger charge is -2.23. The largest absolute Gasteiger partial charge is 0.481 e. The molecule has 4 N–H and O–H groups in total. The molecule has 1 atom stereocenters. The van der Waals surface area contributed by atoms with Gasteiger partial charge in [-0.25, -0.2) is 9.78 Å². The molecular formula is C36H35N5O4. The predicted molar refractivity (Wildman–Crippen MR) is 177 cm³/mol. The van der Waals surface area contributed by atoms with Crippen LogP contribution in [0.15, 0.2) is 97.0 Å². The van der Waals surface area contributed by atoms with Crippen molar-refractivity contribution in [1.29, 1.82) is 0 Å². The van der Waals surface area contributed by atoms with Crippen molar-refractivity contribution in [2.45, 2.75) is 34.1 Å². The van der Waals surface area contributed by atoms with E-state index in [-0.39, 0.29) is 12.0 Å². The third kappa shape index (κ3) is 6.83. The molecule has 1 aliphatic carbocycles. The van der Waals surface area contributed by atoms with Crippen LogP contribution in [0.4, 0.5) is 5.69 Å². The number of carboxylic acids is 2. The van der Waals surface area contributed by atoms with Gasteiger partial charge in [-0.05, 0) is 93.3 Å². The molecule has 0 saturated carbocycles. The molecule has 4 heterocycles. The Kier molecular flexibility index (Phi) is 8.90. The van der Waals surface area contributed by atoms with Crippen LogP contribution in [-0.4, -0.2) is 48.6 Å². The summed E-state index contributed by atoms with van der Waals surface area (Å²) in [6.07, 6.45) is 10.2. The molecule has 5 aromatic rings. The maximum absolute atomic E-state index is 10.8. The predicted octanol–water partition coefficient (Wildman–Crippen LogP) is 7.45. The lowest BCUT2D eigenvalue weighted by atomic mass is 9.80. The minimum atomic E-state index is -1.08. The smallest absolute Gasteiger partial charge is 0.331 e. The number of carboxylic acid groups (broad SMARTS) is 2. The van der Waals surface area contributed by atoms with Crippen LogP contribution in [0.2, 0.25) is 0 Å². The van der Waals surface area contributed by atoms with Gasteiger partial charge in [-0.2, -0.15) is 0 Å². The van der Waals surface area contributed by atoms with Crippen molar-refractivity contribution in [2.24, 2.45) is 5.41 Å². The van der Waals surface area contributed by atoms with Gasteiger partial charge in [0, 0.05) is 58.6 Å². The van der Waals surface area contributed by atoms with E-state index < -0.39 is 17.4 Å². The summed E-state index contributed by atoms with van der Waals surface area (Å²) in [4.78, 5) is 38.7. The van der Waals surface area contributed by atoms with E-state index in [2.05, 4.69) is 70.5 Å². The van der Waals surface area contributed by atoms with Gasteiger partial charge in [0.25, 0.3) is 0 Å². The van der Waals surface area contributed by atoms with E-state index in [1.54, 1.807) is 0 Å². The Morgan fingerprint density at radius 1 is 0.956 bits per heavy atom. The van der Waals surface area contributed by atoms with Crippen molar-refractivity contribution in [2.75, 3.05) is 11.9 Å². The number of anilines is 1. The van der Waals surface area contributed by atoms with E-state index in [1.807, 2.05) is 43.7 Å². The highest BCUT2D eigenvalue weighted by molar-refractivity contribution is 5.96. The number of aryl methyl sites for hydroxylation is 2. The van der Waals surface area contributed by atoms with Gasteiger partial charge in [0.1, 0.15) is 5.65 Å². The van der Waals surface area contributed by atoms with E-state index in [4.69, 9.17) is 15.2 Å². The number of aliphatic carboxylic acids is 2. The number of aromatic amines is 1. The number of hydrogen-bond acceptors (Lipinski definition) is 6. The van der Waals surface area contributed by atoms with Crippen LogP contribution in [0.3, 0.4) is 0 Å². The Bertz CT molecular complexity index is 1960. The average Bonchev–Trinajstić information content (AvgIpc) is 3.51. The first kappa shape index (κ1) is 30.9. The topological polar surface area (TPSA) is 141 Å². The number of benzene rings is 1. The van der Waals surface area contributed by atoms with Gasteiger partial charge in [-0.3, -0.25) is 14.8 Å². The fourth-order valence-corrected chi connectivity index (χ4v) is 5.25. The molecule has 0 aliphatic heterocycles. The van der Waals surface area contributed by atoms with Gasteiger partial charge < -0.3 is 20.5 Å². The summed E-state index contributed by atoms with van der Waals surface area (Å²) in [5.74, 6) is -2.06. The lowest BCUT2D eigenvalue weighted by Crippen LogP contribution is -2.28. The van der Waals surface area contributed by atoms with Gasteiger partial charge in [0.05, 0.1) is 16.8 Å². The van der Waals surface area contributed by atoms with Crippen molar-refractivity contribution < 1.29 is 19.8 Å². The van der Waals surface area contributed by atoms with Crippen molar-refractivity contribution in [3.63, 3.8) is 0 Å². The fourth-order valence-electron chi connectivity index (χ4n) is 5.25. The zero-order valence-corrected chi connectivity index (χ0v) is 25.6. The normalized spacial score (nSPS) is 15.6. The number of H-pyrrole nitrogens is 1. The Morgan fingerprint density at radius 3 is 2.47 bits per heavy atom. The SMILES string of the molecule is CC1(C(=O)O)C=CC=C(C(=O)O)C1.CCNc1ccc(-c2cncc(-c3cc(-c4cccc(C)n4)nc4[nH]ccc34)c2)cc1C. The van der Waals surface area contributed by atoms with Gasteiger partial charge >= 0.3 is 11.9 Å². The highest BCUT2D eigenvalue weighted by Gasteiger charge is 2.34. The standard InChI is InChI=1S/C27H25N5.C9H10O4/c1-4-29-24-9-8-19(12-17(24)2)20-13-21(16-28-15-20)23-14-26(25-7-5-6-18(3)31-25)32-27-22(23)10-11-30-27;1-9(8(12)13)4-2-3-6(5-9)7(10)11/h5-16,29H,4H2,1-3H3,(H,30,32);2-4H,5H2,1H3,(H,10,11)(H,12,13). The zero-order chi connectivity index (χ0) is 32.1. The molecule has 0 saturated heterocycles. The number of aromatic nitrogens is 4. The van der Waals surface area contributed by atoms with Crippen LogP contribution < -0.4 is 5.32 Å². The molecule has 1 aliphatic rings. The summed E-state index contributed by atoms with van der Waals surface area (Å²) in [7, 11) is 0. The van der Waals surface area contributed by atoms with Crippen molar-refractivity contribution >= 4 is 28.7 Å². The Labute approximate surface area is 261 Å². The third-order valence-corrected chi connectivity index (χ3v) is 7.74. The van der Waals surface area contributed by atoms with Crippen LogP contribution in [0.25, 0.3) is 44.7 Å². The molecule has 45 heavy (non-hydrogen) atoms. The minimum absolute atomic E-state index is 0.0359. The number of rotatable bonds is 7. The molecule has 0 spiro atoms.